The van der Waals surface area contributed by atoms with Crippen LogP contribution >= 0.6 is 0 Å². The van der Waals surface area contributed by atoms with E-state index in [1.54, 1.807) is 13.2 Å². The van der Waals surface area contributed by atoms with Crippen LogP contribution in [-0.2, 0) is 0 Å². The van der Waals surface area contributed by atoms with E-state index in [2.05, 4.69) is 39.0 Å². The SMILES string of the molecule is CCC[CH2][Sn]([CH2]CCC)([CH2]CCC)[c]1ccc2oc(-c3ccc(OC)cc3)cc(=O)c2c1. The molecule has 32 heavy (non-hydrogen) atoms. The Labute approximate surface area is 197 Å². The molecule has 0 unspecified atom stereocenters. The van der Waals surface area contributed by atoms with Crippen molar-refractivity contribution in [3.05, 3.63) is 58.8 Å². The summed E-state index contributed by atoms with van der Waals surface area (Å²) >= 11 is -2.58. The molecule has 0 amide bonds. The van der Waals surface area contributed by atoms with Gasteiger partial charge < -0.3 is 0 Å². The van der Waals surface area contributed by atoms with Crippen molar-refractivity contribution in [2.75, 3.05) is 7.11 Å². The Morgan fingerprint density at radius 2 is 1.41 bits per heavy atom. The van der Waals surface area contributed by atoms with Crippen molar-refractivity contribution >= 4 is 32.9 Å². The van der Waals surface area contributed by atoms with Crippen LogP contribution in [-0.4, -0.2) is 25.5 Å². The number of rotatable bonds is 12. The predicted molar refractivity (Wildman–Crippen MR) is 139 cm³/mol. The van der Waals surface area contributed by atoms with Crippen LogP contribution in [0.4, 0.5) is 0 Å². The number of ether oxygens (including phenoxy) is 1. The van der Waals surface area contributed by atoms with Crippen LogP contribution in [0.5, 0.6) is 5.75 Å². The summed E-state index contributed by atoms with van der Waals surface area (Å²) in [5.41, 5.74) is 1.63. The van der Waals surface area contributed by atoms with Crippen molar-refractivity contribution in [2.45, 2.75) is 72.6 Å². The van der Waals surface area contributed by atoms with E-state index in [-0.39, 0.29) is 5.43 Å². The summed E-state index contributed by atoms with van der Waals surface area (Å²) in [5, 5.41) is 0.741. The summed E-state index contributed by atoms with van der Waals surface area (Å²) in [7, 11) is 1.65. The minimum atomic E-state index is -2.58. The van der Waals surface area contributed by atoms with E-state index in [0.717, 1.165) is 16.7 Å². The molecule has 0 saturated heterocycles. The quantitative estimate of drug-likeness (QED) is 0.223. The van der Waals surface area contributed by atoms with E-state index in [4.69, 9.17) is 9.15 Å². The van der Waals surface area contributed by atoms with Gasteiger partial charge in [0.15, 0.2) is 0 Å². The van der Waals surface area contributed by atoms with E-state index in [1.807, 2.05) is 24.3 Å². The molecule has 0 bridgehead atoms. The molecule has 172 valence electrons. The molecule has 0 aliphatic carbocycles. The zero-order valence-electron chi connectivity index (χ0n) is 20.2. The van der Waals surface area contributed by atoms with Gasteiger partial charge in [-0.25, -0.2) is 0 Å². The number of hydrogen-bond acceptors (Lipinski definition) is 3. The van der Waals surface area contributed by atoms with Gasteiger partial charge in [0.25, 0.3) is 0 Å². The average Bonchev–Trinajstić information content (AvgIpc) is 2.83. The molecule has 3 nitrogen and oxygen atoms in total. The van der Waals surface area contributed by atoms with Crippen LogP contribution in [0, 0.1) is 0 Å². The van der Waals surface area contributed by atoms with E-state index in [0.29, 0.717) is 11.3 Å². The van der Waals surface area contributed by atoms with Gasteiger partial charge in [0.05, 0.1) is 0 Å². The molecule has 0 radical (unpaired) electrons. The first kappa shape index (κ1) is 24.9. The molecule has 1 heterocycles. The molecule has 4 heteroatoms. The van der Waals surface area contributed by atoms with Gasteiger partial charge >= 0.3 is 198 Å². The minimum absolute atomic E-state index is 0.0561. The molecular formula is C28H38O3Sn. The Kier molecular flexibility index (Phi) is 9.27. The first-order valence-electron chi connectivity index (χ1n) is 12.3. The Balaban J connectivity index is 2.05. The molecule has 0 fully saturated rings. The van der Waals surface area contributed by atoms with Crippen LogP contribution in [0.3, 0.4) is 0 Å². The van der Waals surface area contributed by atoms with E-state index in [9.17, 15) is 4.79 Å². The molecular weight excluding hydrogens is 503 g/mol. The van der Waals surface area contributed by atoms with Crippen LogP contribution in [0.25, 0.3) is 22.3 Å². The van der Waals surface area contributed by atoms with Crippen LogP contribution < -0.4 is 13.7 Å². The second-order valence-corrected chi connectivity index (χ2v) is 22.2. The van der Waals surface area contributed by atoms with Crippen molar-refractivity contribution in [1.82, 2.24) is 0 Å². The normalized spacial score (nSPS) is 11.8. The Morgan fingerprint density at radius 3 is 1.94 bits per heavy atom. The first-order valence-corrected chi connectivity index (χ1v) is 19.8. The van der Waals surface area contributed by atoms with E-state index < -0.39 is 18.4 Å². The number of hydrogen-bond donors (Lipinski definition) is 0. The van der Waals surface area contributed by atoms with Crippen LogP contribution in [0.15, 0.2) is 57.7 Å². The standard InChI is InChI=1S/C16H11O3.3C4H9.Sn/c1-18-12-8-6-11(7-9-12)16-10-14(17)13-4-2-3-5-15(13)19-16;3*1-3-4-2;/h3-10H,1H3;3*1,3-4H2,2H3;. The Hall–Kier alpha value is -1.75. The first-order chi connectivity index (χ1) is 15.6. The second-order valence-electron chi connectivity index (χ2n) is 9.01. The fourth-order valence-corrected chi connectivity index (χ4v) is 20.7. The van der Waals surface area contributed by atoms with Gasteiger partial charge in [0.2, 0.25) is 0 Å². The zero-order valence-corrected chi connectivity index (χ0v) is 23.1. The summed E-state index contributed by atoms with van der Waals surface area (Å²) < 4.78 is 17.1. The van der Waals surface area contributed by atoms with Crippen molar-refractivity contribution in [3.63, 3.8) is 0 Å². The summed E-state index contributed by atoms with van der Waals surface area (Å²) in [6.07, 6.45) is 7.68. The van der Waals surface area contributed by atoms with Crippen molar-refractivity contribution in [2.24, 2.45) is 0 Å². The molecule has 3 rings (SSSR count). The third kappa shape index (κ3) is 5.78. The number of fused-ring (bicyclic) bond motifs is 1. The summed E-state index contributed by atoms with van der Waals surface area (Å²) in [6.45, 7) is 6.89. The van der Waals surface area contributed by atoms with Crippen molar-refractivity contribution < 1.29 is 9.15 Å². The van der Waals surface area contributed by atoms with Crippen molar-refractivity contribution in [1.29, 1.82) is 0 Å². The molecule has 1 aromatic heterocycles. The zero-order chi connectivity index (χ0) is 23.0. The van der Waals surface area contributed by atoms with Crippen molar-refractivity contribution in [3.8, 4) is 17.1 Å². The predicted octanol–water partition coefficient (Wildman–Crippen LogP) is 7.52. The fraction of sp³-hybridized carbons (Fsp3) is 0.464. The Morgan fingerprint density at radius 1 is 0.812 bits per heavy atom. The molecule has 3 aromatic rings. The molecule has 0 aliphatic heterocycles. The molecule has 0 N–H and O–H groups in total. The van der Waals surface area contributed by atoms with Gasteiger partial charge in [-0.2, -0.15) is 0 Å². The van der Waals surface area contributed by atoms with Gasteiger partial charge in [0.1, 0.15) is 0 Å². The monoisotopic (exact) mass is 542 g/mol. The van der Waals surface area contributed by atoms with Gasteiger partial charge in [-0.05, 0) is 0 Å². The molecule has 0 saturated carbocycles. The van der Waals surface area contributed by atoms with Gasteiger partial charge in [-0.3, -0.25) is 0 Å². The topological polar surface area (TPSA) is 39.4 Å². The van der Waals surface area contributed by atoms with E-state index in [1.165, 1.54) is 55.4 Å². The molecule has 0 aliphatic rings. The Bertz CT molecular complexity index is 1030. The van der Waals surface area contributed by atoms with Crippen LogP contribution in [0.1, 0.15) is 59.3 Å². The van der Waals surface area contributed by atoms with Crippen LogP contribution in [0.2, 0.25) is 13.3 Å². The van der Waals surface area contributed by atoms with E-state index >= 15 is 0 Å². The maximum absolute atomic E-state index is 13.2. The molecule has 2 aromatic carbocycles. The summed E-state index contributed by atoms with van der Waals surface area (Å²) in [5.74, 6) is 1.40. The van der Waals surface area contributed by atoms with Gasteiger partial charge in [-0.1, -0.05) is 0 Å². The average molecular weight is 541 g/mol. The second kappa shape index (κ2) is 11.9. The fourth-order valence-electron chi connectivity index (χ4n) is 4.74. The van der Waals surface area contributed by atoms with Gasteiger partial charge in [0, 0.05) is 0 Å². The third-order valence-electron chi connectivity index (χ3n) is 6.74. The number of unbranched alkanes of at least 4 members (excludes halogenated alkanes) is 3. The number of benzene rings is 2. The summed E-state index contributed by atoms with van der Waals surface area (Å²) in [4.78, 5) is 13.2. The molecule has 0 atom stereocenters. The molecule has 0 spiro atoms. The number of methoxy groups -OCH3 is 1. The summed E-state index contributed by atoms with van der Waals surface area (Å²) in [6, 6.07) is 15.9. The van der Waals surface area contributed by atoms with Gasteiger partial charge in [-0.15, -0.1) is 0 Å². The third-order valence-corrected chi connectivity index (χ3v) is 22.3. The maximum atomic E-state index is 13.2.